The SMILES string of the molecule is OCCN(c1ccc2nnc(-c3ccccc3)n2n1)C1CC1. The Bertz CT molecular complexity index is 782. The normalized spacial score (nSPS) is 14.4. The molecule has 1 saturated carbocycles. The van der Waals surface area contributed by atoms with E-state index >= 15 is 0 Å². The number of hydrogen-bond acceptors (Lipinski definition) is 5. The van der Waals surface area contributed by atoms with Crippen LogP contribution in [0.5, 0.6) is 0 Å². The minimum absolute atomic E-state index is 0.129. The van der Waals surface area contributed by atoms with E-state index in [-0.39, 0.29) is 6.61 Å². The Morgan fingerprint density at radius 3 is 2.64 bits per heavy atom. The highest BCUT2D eigenvalue weighted by Crippen LogP contribution is 2.30. The van der Waals surface area contributed by atoms with Crippen LogP contribution in [-0.2, 0) is 0 Å². The van der Waals surface area contributed by atoms with E-state index in [1.807, 2.05) is 42.5 Å². The van der Waals surface area contributed by atoms with Gasteiger partial charge in [-0.15, -0.1) is 15.3 Å². The molecular formula is C16H17N5O. The van der Waals surface area contributed by atoms with Crippen LogP contribution in [0.3, 0.4) is 0 Å². The minimum Gasteiger partial charge on any atom is -0.395 e. The first-order chi connectivity index (χ1) is 10.9. The van der Waals surface area contributed by atoms with Gasteiger partial charge >= 0.3 is 0 Å². The van der Waals surface area contributed by atoms with E-state index in [9.17, 15) is 5.11 Å². The summed E-state index contributed by atoms with van der Waals surface area (Å²) in [6.07, 6.45) is 2.32. The molecule has 0 spiro atoms. The van der Waals surface area contributed by atoms with Gasteiger partial charge in [-0.3, -0.25) is 0 Å². The van der Waals surface area contributed by atoms with Crippen LogP contribution >= 0.6 is 0 Å². The third-order valence-electron chi connectivity index (χ3n) is 3.90. The maximum Gasteiger partial charge on any atom is 0.185 e. The lowest BCUT2D eigenvalue weighted by Gasteiger charge is -2.22. The fourth-order valence-electron chi connectivity index (χ4n) is 2.68. The zero-order valence-corrected chi connectivity index (χ0v) is 12.1. The predicted octanol–water partition coefficient (Wildman–Crippen LogP) is 1.75. The number of hydrogen-bond donors (Lipinski definition) is 1. The molecule has 1 aliphatic rings. The molecule has 0 atom stereocenters. The highest BCUT2D eigenvalue weighted by molar-refractivity contribution is 5.59. The lowest BCUT2D eigenvalue weighted by molar-refractivity contribution is 0.301. The molecule has 2 heterocycles. The number of aliphatic hydroxyl groups is 1. The summed E-state index contributed by atoms with van der Waals surface area (Å²) in [7, 11) is 0. The fourth-order valence-corrected chi connectivity index (χ4v) is 2.68. The van der Waals surface area contributed by atoms with Crippen LogP contribution in [0.1, 0.15) is 12.8 Å². The van der Waals surface area contributed by atoms with E-state index in [0.29, 0.717) is 12.6 Å². The minimum atomic E-state index is 0.129. The van der Waals surface area contributed by atoms with Gasteiger partial charge in [0.2, 0.25) is 0 Å². The van der Waals surface area contributed by atoms with Crippen molar-refractivity contribution in [1.29, 1.82) is 0 Å². The highest BCUT2D eigenvalue weighted by atomic mass is 16.3. The maximum absolute atomic E-state index is 9.28. The molecule has 0 amide bonds. The van der Waals surface area contributed by atoms with Crippen molar-refractivity contribution in [3.8, 4) is 11.4 Å². The fraction of sp³-hybridized carbons (Fsp3) is 0.312. The maximum atomic E-state index is 9.28. The standard InChI is InChI=1S/C16H17N5O/c22-11-10-20(13-6-7-13)15-9-8-14-17-18-16(21(14)19-15)12-4-2-1-3-5-12/h1-5,8-9,13,22H,6-7,10-11H2. The van der Waals surface area contributed by atoms with E-state index < -0.39 is 0 Å². The molecule has 1 fully saturated rings. The molecule has 6 nitrogen and oxygen atoms in total. The first kappa shape index (κ1) is 13.2. The Morgan fingerprint density at radius 1 is 1.09 bits per heavy atom. The molecule has 2 aromatic heterocycles. The largest absolute Gasteiger partial charge is 0.395 e. The van der Waals surface area contributed by atoms with Crippen molar-refractivity contribution in [3.63, 3.8) is 0 Å². The molecular weight excluding hydrogens is 278 g/mol. The van der Waals surface area contributed by atoms with Gasteiger partial charge in [-0.1, -0.05) is 30.3 Å². The molecule has 22 heavy (non-hydrogen) atoms. The van der Waals surface area contributed by atoms with Crippen molar-refractivity contribution in [3.05, 3.63) is 42.5 Å². The first-order valence-corrected chi connectivity index (χ1v) is 7.52. The number of rotatable bonds is 5. The van der Waals surface area contributed by atoms with Crippen LogP contribution in [0, 0.1) is 0 Å². The van der Waals surface area contributed by atoms with Gasteiger partial charge in [-0.25, -0.2) is 0 Å². The molecule has 1 aromatic carbocycles. The number of anilines is 1. The van der Waals surface area contributed by atoms with Crippen LogP contribution in [0.15, 0.2) is 42.5 Å². The second kappa shape index (κ2) is 5.38. The second-order valence-corrected chi connectivity index (χ2v) is 5.50. The lowest BCUT2D eigenvalue weighted by Crippen LogP contribution is -2.30. The Morgan fingerprint density at radius 2 is 1.91 bits per heavy atom. The Balaban J connectivity index is 1.79. The molecule has 0 unspecified atom stereocenters. The van der Waals surface area contributed by atoms with Crippen LogP contribution < -0.4 is 4.90 Å². The third-order valence-corrected chi connectivity index (χ3v) is 3.90. The summed E-state index contributed by atoms with van der Waals surface area (Å²) in [4.78, 5) is 2.16. The smallest absolute Gasteiger partial charge is 0.185 e. The van der Waals surface area contributed by atoms with E-state index in [0.717, 1.165) is 35.7 Å². The quantitative estimate of drug-likeness (QED) is 0.777. The van der Waals surface area contributed by atoms with E-state index in [2.05, 4.69) is 15.1 Å². The van der Waals surface area contributed by atoms with Gasteiger partial charge in [0, 0.05) is 18.2 Å². The number of aromatic nitrogens is 4. The predicted molar refractivity (Wildman–Crippen MR) is 83.7 cm³/mol. The summed E-state index contributed by atoms with van der Waals surface area (Å²) in [5, 5.41) is 22.4. The van der Waals surface area contributed by atoms with Crippen molar-refractivity contribution < 1.29 is 5.11 Å². The second-order valence-electron chi connectivity index (χ2n) is 5.50. The number of fused-ring (bicyclic) bond motifs is 1. The van der Waals surface area contributed by atoms with Crippen LogP contribution in [-0.4, -0.2) is 44.1 Å². The average molecular weight is 295 g/mol. The molecule has 1 aliphatic carbocycles. The molecule has 6 heteroatoms. The number of nitrogens with zero attached hydrogens (tertiary/aromatic N) is 5. The lowest BCUT2D eigenvalue weighted by atomic mass is 10.2. The summed E-state index contributed by atoms with van der Waals surface area (Å²) >= 11 is 0. The zero-order valence-electron chi connectivity index (χ0n) is 12.1. The molecule has 1 N–H and O–H groups in total. The molecule has 4 rings (SSSR count). The number of aliphatic hydroxyl groups excluding tert-OH is 1. The van der Waals surface area contributed by atoms with Gasteiger partial charge in [0.15, 0.2) is 11.5 Å². The van der Waals surface area contributed by atoms with Crippen molar-refractivity contribution in [2.45, 2.75) is 18.9 Å². The molecule has 0 aliphatic heterocycles. The topological polar surface area (TPSA) is 66.5 Å². The van der Waals surface area contributed by atoms with E-state index in [4.69, 9.17) is 5.10 Å². The van der Waals surface area contributed by atoms with Crippen molar-refractivity contribution in [2.75, 3.05) is 18.1 Å². The van der Waals surface area contributed by atoms with Crippen LogP contribution in [0.25, 0.3) is 17.0 Å². The van der Waals surface area contributed by atoms with E-state index in [1.54, 1.807) is 4.52 Å². The molecule has 0 bridgehead atoms. The van der Waals surface area contributed by atoms with Crippen molar-refractivity contribution in [1.82, 2.24) is 19.8 Å². The summed E-state index contributed by atoms with van der Waals surface area (Å²) in [5.41, 5.74) is 1.71. The number of benzene rings is 1. The summed E-state index contributed by atoms with van der Waals surface area (Å²) in [5.74, 6) is 1.60. The van der Waals surface area contributed by atoms with Crippen LogP contribution in [0.4, 0.5) is 5.82 Å². The van der Waals surface area contributed by atoms with Crippen LogP contribution in [0.2, 0.25) is 0 Å². The Hall–Kier alpha value is -2.47. The zero-order chi connectivity index (χ0) is 14.9. The average Bonchev–Trinajstić information content (AvgIpc) is 3.32. The monoisotopic (exact) mass is 295 g/mol. The van der Waals surface area contributed by atoms with Gasteiger partial charge in [-0.2, -0.15) is 4.52 Å². The van der Waals surface area contributed by atoms with Gasteiger partial charge in [0.1, 0.15) is 5.82 Å². The summed E-state index contributed by atoms with van der Waals surface area (Å²) in [6.45, 7) is 0.732. The van der Waals surface area contributed by atoms with Gasteiger partial charge in [0.05, 0.1) is 6.61 Å². The highest BCUT2D eigenvalue weighted by Gasteiger charge is 2.30. The molecule has 0 radical (unpaired) electrons. The molecule has 3 aromatic rings. The first-order valence-electron chi connectivity index (χ1n) is 7.52. The van der Waals surface area contributed by atoms with Crippen molar-refractivity contribution in [2.24, 2.45) is 0 Å². The Kier molecular flexibility index (Phi) is 3.23. The van der Waals surface area contributed by atoms with E-state index in [1.165, 1.54) is 0 Å². The van der Waals surface area contributed by atoms with Gasteiger partial charge < -0.3 is 10.0 Å². The third kappa shape index (κ3) is 2.31. The summed E-state index contributed by atoms with van der Waals surface area (Å²) in [6, 6.07) is 14.3. The van der Waals surface area contributed by atoms with Crippen molar-refractivity contribution >= 4 is 11.5 Å². The van der Waals surface area contributed by atoms with Gasteiger partial charge in [-0.05, 0) is 25.0 Å². The Labute approximate surface area is 128 Å². The van der Waals surface area contributed by atoms with Gasteiger partial charge in [0.25, 0.3) is 0 Å². The summed E-state index contributed by atoms with van der Waals surface area (Å²) < 4.78 is 1.78. The molecule has 0 saturated heterocycles. The molecule has 112 valence electrons.